The van der Waals surface area contributed by atoms with Gasteiger partial charge in [-0.05, 0) is 66.4 Å². The minimum atomic E-state index is -1.82. The van der Waals surface area contributed by atoms with Gasteiger partial charge in [0, 0.05) is 20.1 Å². The van der Waals surface area contributed by atoms with Crippen LogP contribution in [0.4, 0.5) is 0 Å². The van der Waals surface area contributed by atoms with Crippen LogP contribution in [0.3, 0.4) is 0 Å². The number of rotatable bonds is 9. The van der Waals surface area contributed by atoms with Crippen molar-refractivity contribution < 1.29 is 49.1 Å². The van der Waals surface area contributed by atoms with Gasteiger partial charge < -0.3 is 45.5 Å². The van der Waals surface area contributed by atoms with Crippen molar-refractivity contribution in [1.29, 1.82) is 0 Å². The van der Waals surface area contributed by atoms with Crippen molar-refractivity contribution in [3.05, 3.63) is 58.9 Å². The van der Waals surface area contributed by atoms with Gasteiger partial charge in [-0.15, -0.1) is 0 Å². The first kappa shape index (κ1) is 33.1. The summed E-state index contributed by atoms with van der Waals surface area (Å²) in [6.45, 7) is 3.01. The highest BCUT2D eigenvalue weighted by Crippen LogP contribution is 2.26. The molecule has 0 atom stereocenters. The van der Waals surface area contributed by atoms with E-state index in [-0.39, 0.29) is 5.56 Å². The lowest BCUT2D eigenvalue weighted by molar-refractivity contribution is -0.159. The number of methoxy groups -OCH3 is 1. The molecule has 0 saturated carbocycles. The Hall–Kier alpha value is -4.95. The first-order valence-corrected chi connectivity index (χ1v) is 11.7. The molecule has 0 saturated heterocycles. The van der Waals surface area contributed by atoms with Gasteiger partial charge in [-0.1, -0.05) is 6.07 Å². The van der Waals surface area contributed by atoms with Crippen LogP contribution < -0.4 is 26.1 Å². The molecule has 7 N–H and O–H groups in total. The van der Waals surface area contributed by atoms with Crippen molar-refractivity contribution >= 4 is 34.6 Å². The second kappa shape index (κ2) is 16.8. The fraction of sp³-hybridized carbons (Fsp3) is 0.269. The molecule has 1 heterocycles. The summed E-state index contributed by atoms with van der Waals surface area (Å²) in [5, 5.41) is 34.3. The fourth-order valence-electron chi connectivity index (χ4n) is 3.12. The van der Waals surface area contributed by atoms with Gasteiger partial charge in [0.1, 0.15) is 11.5 Å². The molecule has 0 bridgehead atoms. The number of hydrogen-bond acceptors (Lipinski definition) is 9. The van der Waals surface area contributed by atoms with Crippen LogP contribution in [0.1, 0.15) is 6.42 Å². The molecule has 1 aromatic heterocycles. The van der Waals surface area contributed by atoms with Crippen LogP contribution >= 0.6 is 0 Å². The maximum atomic E-state index is 12.8. The second-order valence-electron chi connectivity index (χ2n) is 7.83. The number of aliphatic carboxylic acids is 4. The molecular formula is C26H31N3O11. The van der Waals surface area contributed by atoms with Crippen LogP contribution in [0, 0.1) is 0 Å². The van der Waals surface area contributed by atoms with Gasteiger partial charge in [0.2, 0.25) is 0 Å². The zero-order chi connectivity index (χ0) is 30.2. The number of pyridine rings is 1. The van der Waals surface area contributed by atoms with E-state index in [1.165, 1.54) is 0 Å². The van der Waals surface area contributed by atoms with Crippen LogP contribution in [0.25, 0.3) is 22.0 Å². The van der Waals surface area contributed by atoms with E-state index in [0.29, 0.717) is 24.3 Å². The number of nitrogens with two attached hydrogens (primary N) is 1. The van der Waals surface area contributed by atoms with E-state index in [4.69, 9.17) is 54.8 Å². The summed E-state index contributed by atoms with van der Waals surface area (Å²) >= 11 is 0. The summed E-state index contributed by atoms with van der Waals surface area (Å²) in [7, 11) is 3.38. The summed E-state index contributed by atoms with van der Waals surface area (Å²) in [6, 6.07) is 15.4. The molecular weight excluding hydrogens is 530 g/mol. The maximum absolute atomic E-state index is 12.8. The average molecular weight is 562 g/mol. The van der Waals surface area contributed by atoms with Gasteiger partial charge >= 0.3 is 23.9 Å². The Morgan fingerprint density at radius 2 is 1.40 bits per heavy atom. The molecule has 14 nitrogen and oxygen atoms in total. The van der Waals surface area contributed by atoms with E-state index in [9.17, 15) is 4.79 Å². The molecule has 0 unspecified atom stereocenters. The van der Waals surface area contributed by atoms with Gasteiger partial charge in [0.05, 0.1) is 24.8 Å². The van der Waals surface area contributed by atoms with E-state index in [2.05, 4.69) is 5.32 Å². The number of carboxylic acids is 4. The molecule has 0 spiro atoms. The SMILES string of the molecule is COc1ccc2cc(-c3ccc(OCCCNCCN)cc3)n(C)c(=O)c2c1.O=C(O)C(=O)O.O=C(O)C(=O)O. The minimum Gasteiger partial charge on any atom is -0.497 e. The van der Waals surface area contributed by atoms with E-state index >= 15 is 0 Å². The number of fused-ring (bicyclic) bond motifs is 1. The summed E-state index contributed by atoms with van der Waals surface area (Å²) in [6.07, 6.45) is 0.921. The third-order valence-electron chi connectivity index (χ3n) is 5.05. The van der Waals surface area contributed by atoms with Crippen LogP contribution in [0.5, 0.6) is 11.5 Å². The van der Waals surface area contributed by atoms with E-state index < -0.39 is 23.9 Å². The predicted octanol–water partition coefficient (Wildman–Crippen LogP) is 0.843. The minimum absolute atomic E-state index is 0.0447. The third kappa shape index (κ3) is 10.8. The highest BCUT2D eigenvalue weighted by molar-refractivity contribution is 6.27. The molecule has 0 aliphatic rings. The topological polar surface area (TPSA) is 228 Å². The normalized spacial score (nSPS) is 9.88. The average Bonchev–Trinajstić information content (AvgIpc) is 2.93. The lowest BCUT2D eigenvalue weighted by Gasteiger charge is -2.12. The molecule has 216 valence electrons. The molecule has 0 radical (unpaired) electrons. The zero-order valence-electron chi connectivity index (χ0n) is 21.8. The van der Waals surface area contributed by atoms with Gasteiger partial charge in [-0.25, -0.2) is 19.2 Å². The van der Waals surface area contributed by atoms with Crippen molar-refractivity contribution in [2.24, 2.45) is 12.8 Å². The number of carbonyl (C=O) groups is 4. The van der Waals surface area contributed by atoms with Crippen molar-refractivity contribution in [3.8, 4) is 22.8 Å². The number of nitrogens with one attached hydrogen (secondary N) is 1. The second-order valence-corrected chi connectivity index (χ2v) is 7.83. The quantitative estimate of drug-likeness (QED) is 0.157. The van der Waals surface area contributed by atoms with Gasteiger partial charge in [0.25, 0.3) is 5.56 Å². The Balaban J connectivity index is 0.000000559. The summed E-state index contributed by atoms with van der Waals surface area (Å²) in [5.41, 5.74) is 7.22. The molecule has 0 fully saturated rings. The molecule has 40 heavy (non-hydrogen) atoms. The van der Waals surface area contributed by atoms with E-state index in [1.54, 1.807) is 24.8 Å². The zero-order valence-corrected chi connectivity index (χ0v) is 21.8. The standard InChI is InChI=1S/C22H27N3O3.2C2H2O4/c1-25-21(14-17-6-9-19(27-2)15-20(17)22(25)26)16-4-7-18(8-5-16)28-13-3-11-24-12-10-23;2*3-1(4)2(5)6/h4-9,14-15,24H,3,10-13,23H2,1-2H3;2*(H,3,4)(H,5,6). The van der Waals surface area contributed by atoms with Crippen molar-refractivity contribution in [2.45, 2.75) is 6.42 Å². The van der Waals surface area contributed by atoms with Crippen LogP contribution in [0.2, 0.25) is 0 Å². The summed E-state index contributed by atoms with van der Waals surface area (Å²) in [5.74, 6) is -5.80. The number of ether oxygens (including phenoxy) is 2. The van der Waals surface area contributed by atoms with Crippen molar-refractivity contribution in [3.63, 3.8) is 0 Å². The first-order valence-electron chi connectivity index (χ1n) is 11.7. The Morgan fingerprint density at radius 3 is 1.90 bits per heavy atom. The Kier molecular flexibility index (Phi) is 13.9. The Morgan fingerprint density at radius 1 is 0.850 bits per heavy atom. The summed E-state index contributed by atoms with van der Waals surface area (Å²) in [4.78, 5) is 49.2. The van der Waals surface area contributed by atoms with Crippen molar-refractivity contribution in [2.75, 3.05) is 33.4 Å². The Bertz CT molecular complexity index is 1320. The third-order valence-corrected chi connectivity index (χ3v) is 5.05. The van der Waals surface area contributed by atoms with E-state index in [0.717, 1.165) is 41.9 Å². The maximum Gasteiger partial charge on any atom is 0.414 e. The highest BCUT2D eigenvalue weighted by atomic mass is 16.5. The number of carboxylic acid groups (broad SMARTS) is 4. The lowest BCUT2D eigenvalue weighted by Crippen LogP contribution is -2.24. The molecule has 2 aromatic carbocycles. The molecule has 14 heteroatoms. The predicted molar refractivity (Wildman–Crippen MR) is 144 cm³/mol. The lowest BCUT2D eigenvalue weighted by atomic mass is 10.1. The number of hydrogen-bond donors (Lipinski definition) is 6. The molecule has 3 aromatic rings. The highest BCUT2D eigenvalue weighted by Gasteiger charge is 2.10. The van der Waals surface area contributed by atoms with Crippen molar-refractivity contribution in [1.82, 2.24) is 9.88 Å². The smallest absolute Gasteiger partial charge is 0.414 e. The fourth-order valence-corrected chi connectivity index (χ4v) is 3.12. The summed E-state index contributed by atoms with van der Waals surface area (Å²) < 4.78 is 12.7. The molecule has 3 rings (SSSR count). The number of nitrogens with zero attached hydrogens (tertiary/aromatic N) is 1. The van der Waals surface area contributed by atoms with E-state index in [1.807, 2.05) is 42.5 Å². The largest absolute Gasteiger partial charge is 0.497 e. The van der Waals surface area contributed by atoms with Gasteiger partial charge in [0.15, 0.2) is 0 Å². The molecule has 0 aliphatic carbocycles. The number of aromatic nitrogens is 1. The Labute approximate surface area is 228 Å². The van der Waals surface area contributed by atoms with Gasteiger partial charge in [-0.2, -0.15) is 0 Å². The number of benzene rings is 2. The monoisotopic (exact) mass is 561 g/mol. The van der Waals surface area contributed by atoms with Crippen LogP contribution in [-0.2, 0) is 26.2 Å². The molecule has 0 amide bonds. The first-order chi connectivity index (χ1) is 18.9. The van der Waals surface area contributed by atoms with Gasteiger partial charge in [-0.3, -0.25) is 4.79 Å². The van der Waals surface area contributed by atoms with Crippen LogP contribution in [-0.4, -0.2) is 82.2 Å². The van der Waals surface area contributed by atoms with Crippen LogP contribution in [0.15, 0.2) is 53.3 Å². The molecule has 0 aliphatic heterocycles.